The van der Waals surface area contributed by atoms with E-state index in [1.807, 2.05) is 6.20 Å². The van der Waals surface area contributed by atoms with Crippen LogP contribution in [-0.2, 0) is 18.3 Å². The van der Waals surface area contributed by atoms with Crippen molar-refractivity contribution < 1.29 is 4.74 Å². The lowest BCUT2D eigenvalue weighted by Crippen LogP contribution is -2.45. The number of hydrogen-bond donors (Lipinski definition) is 2. The molecule has 1 aliphatic heterocycles. The Hall–Kier alpha value is -1.97. The topological polar surface area (TPSA) is 98.3 Å². The molecule has 1 unspecified atom stereocenters. The van der Waals surface area contributed by atoms with E-state index in [1.54, 1.807) is 19.4 Å². The minimum atomic E-state index is -0.139. The van der Waals surface area contributed by atoms with Crippen LogP contribution in [0.1, 0.15) is 4.88 Å². The number of ether oxygens (including phenoxy) is 1. The number of rotatable bonds is 5. The Balaban J connectivity index is 1.54. The highest BCUT2D eigenvalue weighted by molar-refractivity contribution is 7.15. The summed E-state index contributed by atoms with van der Waals surface area (Å²) in [5.41, 5.74) is 5.53. The molecule has 2 aromatic rings. The van der Waals surface area contributed by atoms with Crippen molar-refractivity contribution in [3.05, 3.63) is 33.8 Å². The van der Waals surface area contributed by atoms with Gasteiger partial charge in [0.2, 0.25) is 0 Å². The third kappa shape index (κ3) is 4.06. The van der Waals surface area contributed by atoms with Gasteiger partial charge in [-0.3, -0.25) is 9.69 Å². The van der Waals surface area contributed by atoms with E-state index in [2.05, 4.69) is 20.2 Å². The van der Waals surface area contributed by atoms with Gasteiger partial charge in [-0.15, -0.1) is 11.3 Å². The average Bonchev–Trinajstić information content (AvgIpc) is 2.94. The number of nitrogens with two attached hydrogens (primary N) is 1. The molecule has 0 radical (unpaired) electrons. The highest BCUT2D eigenvalue weighted by Gasteiger charge is 2.21. The number of nitrogens with one attached hydrogen (secondary N) is 1. The van der Waals surface area contributed by atoms with Gasteiger partial charge in [-0.1, -0.05) is 0 Å². The largest absolute Gasteiger partial charge is 0.375 e. The molecule has 0 bridgehead atoms. The van der Waals surface area contributed by atoms with Crippen molar-refractivity contribution in [2.75, 3.05) is 37.3 Å². The summed E-state index contributed by atoms with van der Waals surface area (Å²) in [6, 6.07) is 0. The normalized spacial score (nSPS) is 18.9. The van der Waals surface area contributed by atoms with Gasteiger partial charge in [-0.25, -0.2) is 9.97 Å². The number of anilines is 2. The van der Waals surface area contributed by atoms with Crippen LogP contribution in [0.2, 0.25) is 0 Å². The lowest BCUT2D eigenvalue weighted by atomic mass is 10.2. The number of aryl methyl sites for hydroxylation is 1. The number of aromatic nitrogens is 3. The lowest BCUT2D eigenvalue weighted by molar-refractivity contribution is -0.0237. The molecule has 1 saturated heterocycles. The van der Waals surface area contributed by atoms with E-state index in [1.165, 1.54) is 15.9 Å². The molecule has 1 fully saturated rings. The van der Waals surface area contributed by atoms with E-state index in [0.717, 1.165) is 24.5 Å². The molecular formula is C14H20N6O2S. The van der Waals surface area contributed by atoms with Crippen molar-refractivity contribution in [1.82, 2.24) is 19.4 Å². The second-order valence-corrected chi connectivity index (χ2v) is 6.61. The maximum Gasteiger partial charge on any atom is 0.293 e. The van der Waals surface area contributed by atoms with Gasteiger partial charge in [-0.05, 0) is 0 Å². The van der Waals surface area contributed by atoms with Crippen LogP contribution in [0.15, 0.2) is 23.4 Å². The second-order valence-electron chi connectivity index (χ2n) is 5.47. The summed E-state index contributed by atoms with van der Waals surface area (Å²) >= 11 is 1.51. The standard InChI is InChI=1S/C14H20N6O2S/c1-19-3-2-16-12(13(19)21)17-6-10-8-20(4-5-22-10)9-11-7-18-14(15)23-11/h2-3,7,10H,4-6,8-9H2,1H3,(H2,15,18)(H,16,17). The number of hydrogen-bond acceptors (Lipinski definition) is 8. The van der Waals surface area contributed by atoms with Crippen molar-refractivity contribution in [3.63, 3.8) is 0 Å². The maximum atomic E-state index is 11.9. The molecule has 1 aliphatic rings. The second kappa shape index (κ2) is 7.07. The molecule has 2 aromatic heterocycles. The molecule has 0 aliphatic carbocycles. The summed E-state index contributed by atoms with van der Waals surface area (Å²) in [7, 11) is 1.70. The molecule has 0 saturated carbocycles. The highest BCUT2D eigenvalue weighted by Crippen LogP contribution is 2.18. The van der Waals surface area contributed by atoms with Gasteiger partial charge < -0.3 is 20.4 Å². The lowest BCUT2D eigenvalue weighted by Gasteiger charge is -2.32. The Morgan fingerprint density at radius 1 is 1.52 bits per heavy atom. The van der Waals surface area contributed by atoms with Crippen molar-refractivity contribution in [1.29, 1.82) is 0 Å². The average molecular weight is 336 g/mol. The number of morpholine rings is 1. The Labute approximate surface area is 137 Å². The zero-order valence-electron chi connectivity index (χ0n) is 12.9. The van der Waals surface area contributed by atoms with Gasteiger partial charge in [-0.2, -0.15) is 0 Å². The predicted molar refractivity (Wildman–Crippen MR) is 89.5 cm³/mol. The number of nitrogen functional groups attached to an aromatic ring is 1. The zero-order chi connectivity index (χ0) is 16.2. The van der Waals surface area contributed by atoms with E-state index in [-0.39, 0.29) is 11.7 Å². The van der Waals surface area contributed by atoms with Crippen LogP contribution in [-0.4, -0.2) is 51.8 Å². The third-order valence-electron chi connectivity index (χ3n) is 3.69. The van der Waals surface area contributed by atoms with Crippen LogP contribution >= 0.6 is 11.3 Å². The fourth-order valence-corrected chi connectivity index (χ4v) is 3.22. The predicted octanol–water partition coefficient (Wildman–Crippen LogP) is 0.132. The first-order valence-corrected chi connectivity index (χ1v) is 8.23. The Bertz CT molecular complexity index is 715. The fourth-order valence-electron chi connectivity index (χ4n) is 2.49. The van der Waals surface area contributed by atoms with Gasteiger partial charge in [0.1, 0.15) is 0 Å². The van der Waals surface area contributed by atoms with E-state index in [4.69, 9.17) is 10.5 Å². The van der Waals surface area contributed by atoms with Crippen molar-refractivity contribution in [2.24, 2.45) is 7.05 Å². The summed E-state index contributed by atoms with van der Waals surface area (Å²) in [5, 5.41) is 3.68. The highest BCUT2D eigenvalue weighted by atomic mass is 32.1. The van der Waals surface area contributed by atoms with E-state index >= 15 is 0 Å². The molecule has 3 N–H and O–H groups in total. The number of nitrogens with zero attached hydrogens (tertiary/aromatic N) is 4. The molecule has 0 aromatic carbocycles. The molecule has 8 nitrogen and oxygen atoms in total. The minimum absolute atomic E-state index is 0.0146. The van der Waals surface area contributed by atoms with Gasteiger partial charge in [0.15, 0.2) is 10.9 Å². The molecular weight excluding hydrogens is 316 g/mol. The Morgan fingerprint density at radius 2 is 2.39 bits per heavy atom. The summed E-state index contributed by atoms with van der Waals surface area (Å²) < 4.78 is 7.26. The SMILES string of the molecule is Cn1ccnc(NCC2CN(Cc3cnc(N)s3)CCO2)c1=O. The van der Waals surface area contributed by atoms with Crippen molar-refractivity contribution >= 4 is 22.3 Å². The minimum Gasteiger partial charge on any atom is -0.375 e. The van der Waals surface area contributed by atoms with Crippen LogP contribution in [0, 0.1) is 0 Å². The van der Waals surface area contributed by atoms with Gasteiger partial charge in [0, 0.05) is 56.7 Å². The first-order valence-electron chi connectivity index (χ1n) is 7.41. The number of thiazole rings is 1. The van der Waals surface area contributed by atoms with Crippen LogP contribution < -0.4 is 16.6 Å². The van der Waals surface area contributed by atoms with Crippen LogP contribution in [0.4, 0.5) is 10.9 Å². The van der Waals surface area contributed by atoms with E-state index < -0.39 is 0 Å². The molecule has 0 amide bonds. The molecule has 1 atom stereocenters. The monoisotopic (exact) mass is 336 g/mol. The molecule has 0 spiro atoms. The molecule has 9 heteroatoms. The Kier molecular flexibility index (Phi) is 4.89. The first-order chi connectivity index (χ1) is 11.1. The summed E-state index contributed by atoms with van der Waals surface area (Å²) in [6.07, 6.45) is 5.07. The molecule has 23 heavy (non-hydrogen) atoms. The Morgan fingerprint density at radius 3 is 3.17 bits per heavy atom. The van der Waals surface area contributed by atoms with Crippen LogP contribution in [0.5, 0.6) is 0 Å². The van der Waals surface area contributed by atoms with Crippen LogP contribution in [0.3, 0.4) is 0 Å². The van der Waals surface area contributed by atoms with Crippen molar-refractivity contribution in [3.8, 4) is 0 Å². The quantitative estimate of drug-likeness (QED) is 0.801. The summed E-state index contributed by atoms with van der Waals surface area (Å²) in [6.45, 7) is 3.70. The molecule has 124 valence electrons. The van der Waals surface area contributed by atoms with Gasteiger partial charge in [0.25, 0.3) is 5.56 Å². The van der Waals surface area contributed by atoms with Gasteiger partial charge >= 0.3 is 0 Å². The fraction of sp³-hybridized carbons (Fsp3) is 0.500. The summed E-state index contributed by atoms with van der Waals surface area (Å²) in [5.74, 6) is 0.353. The van der Waals surface area contributed by atoms with Crippen LogP contribution in [0.25, 0.3) is 0 Å². The molecule has 3 heterocycles. The van der Waals surface area contributed by atoms with E-state index in [0.29, 0.717) is 24.1 Å². The third-order valence-corrected chi connectivity index (χ3v) is 4.50. The maximum absolute atomic E-state index is 11.9. The zero-order valence-corrected chi connectivity index (χ0v) is 13.8. The smallest absolute Gasteiger partial charge is 0.293 e. The van der Waals surface area contributed by atoms with E-state index in [9.17, 15) is 4.79 Å². The van der Waals surface area contributed by atoms with Gasteiger partial charge in [0.05, 0.1) is 12.7 Å². The summed E-state index contributed by atoms with van der Waals surface area (Å²) in [4.78, 5) is 23.5. The van der Waals surface area contributed by atoms with Crippen molar-refractivity contribution in [2.45, 2.75) is 12.6 Å². The molecule has 3 rings (SSSR count). The first kappa shape index (κ1) is 15.9.